The lowest BCUT2D eigenvalue weighted by Gasteiger charge is -2.26. The van der Waals surface area contributed by atoms with Gasteiger partial charge in [0, 0.05) is 36.6 Å². The van der Waals surface area contributed by atoms with Crippen LogP contribution in [0.5, 0.6) is 0 Å². The molecule has 0 radical (unpaired) electrons. The SMILES string of the molecule is CCCCCc1sc(C=O)cc1C1=C(c2c(CC)sc3ccccc23)C(F)(F)C(F)(F)C1(F)F. The van der Waals surface area contributed by atoms with E-state index in [-0.39, 0.29) is 39.1 Å². The Bertz CT molecular complexity index is 1270. The lowest BCUT2D eigenvalue weighted by molar-refractivity contribution is -0.254. The van der Waals surface area contributed by atoms with E-state index in [2.05, 4.69) is 0 Å². The lowest BCUT2D eigenvalue weighted by Crippen LogP contribution is -2.49. The second-order valence-electron chi connectivity index (χ2n) is 8.28. The van der Waals surface area contributed by atoms with Crippen molar-refractivity contribution in [3.8, 4) is 0 Å². The first-order valence-corrected chi connectivity index (χ1v) is 12.6. The molecule has 2 aromatic heterocycles. The second-order valence-corrected chi connectivity index (χ2v) is 10.6. The fourth-order valence-corrected chi connectivity index (χ4v) is 6.65. The summed E-state index contributed by atoms with van der Waals surface area (Å²) in [5.74, 6) is -15.9. The molecule has 1 aliphatic carbocycles. The van der Waals surface area contributed by atoms with Gasteiger partial charge in [-0.05, 0) is 37.0 Å². The van der Waals surface area contributed by atoms with Crippen molar-refractivity contribution in [3.63, 3.8) is 0 Å². The summed E-state index contributed by atoms with van der Waals surface area (Å²) in [7, 11) is 0. The Balaban J connectivity index is 2.11. The molecular formula is C25H22F6OS2. The number of aryl methyl sites for hydroxylation is 2. The van der Waals surface area contributed by atoms with Crippen LogP contribution < -0.4 is 0 Å². The van der Waals surface area contributed by atoms with Gasteiger partial charge < -0.3 is 0 Å². The molecule has 0 N–H and O–H groups in total. The van der Waals surface area contributed by atoms with E-state index in [0.29, 0.717) is 22.3 Å². The van der Waals surface area contributed by atoms with Gasteiger partial charge in [0.05, 0.1) is 4.88 Å². The van der Waals surface area contributed by atoms with Crippen LogP contribution in [0, 0.1) is 0 Å². The minimum absolute atomic E-state index is 0.0357. The molecule has 0 spiro atoms. The second kappa shape index (κ2) is 8.82. The largest absolute Gasteiger partial charge is 0.380 e. The van der Waals surface area contributed by atoms with Gasteiger partial charge in [-0.2, -0.15) is 26.3 Å². The van der Waals surface area contributed by atoms with Gasteiger partial charge in [-0.25, -0.2) is 0 Å². The van der Waals surface area contributed by atoms with Gasteiger partial charge in [0.25, 0.3) is 0 Å². The number of fused-ring (bicyclic) bond motifs is 1. The van der Waals surface area contributed by atoms with Crippen molar-refractivity contribution < 1.29 is 31.1 Å². The maximum absolute atomic E-state index is 15.4. The molecule has 182 valence electrons. The van der Waals surface area contributed by atoms with Gasteiger partial charge in [-0.1, -0.05) is 44.9 Å². The van der Waals surface area contributed by atoms with Crippen LogP contribution in [0.3, 0.4) is 0 Å². The number of benzene rings is 1. The van der Waals surface area contributed by atoms with Crippen molar-refractivity contribution in [2.45, 2.75) is 63.7 Å². The highest BCUT2D eigenvalue weighted by molar-refractivity contribution is 7.19. The van der Waals surface area contributed by atoms with E-state index in [0.717, 1.165) is 41.6 Å². The lowest BCUT2D eigenvalue weighted by atomic mass is 9.92. The van der Waals surface area contributed by atoms with Crippen LogP contribution >= 0.6 is 22.7 Å². The quantitative estimate of drug-likeness (QED) is 0.166. The molecule has 3 aromatic rings. The number of halogens is 6. The normalized spacial score (nSPS) is 18.7. The molecule has 0 unspecified atom stereocenters. The fraction of sp³-hybridized carbons (Fsp3) is 0.400. The number of carbonyl (C=O) groups is 1. The first-order chi connectivity index (χ1) is 16.0. The first-order valence-electron chi connectivity index (χ1n) is 11.0. The zero-order valence-corrected chi connectivity index (χ0v) is 20.1. The van der Waals surface area contributed by atoms with E-state index in [1.165, 1.54) is 6.07 Å². The van der Waals surface area contributed by atoms with E-state index in [9.17, 15) is 13.6 Å². The molecule has 0 atom stereocenters. The number of hydrogen-bond donors (Lipinski definition) is 0. The number of hydrogen-bond acceptors (Lipinski definition) is 3. The molecule has 2 heterocycles. The highest BCUT2D eigenvalue weighted by Gasteiger charge is 2.80. The standard InChI is InChI=1S/C25H22F6OS2/c1-3-5-6-10-19-16(12-14(13-32)33-19)21-22(24(28,29)25(30,31)23(21,26)27)20-15-9-7-8-11-18(15)34-17(20)4-2/h7-9,11-13H,3-6,10H2,1-2H3. The molecule has 0 amide bonds. The van der Waals surface area contributed by atoms with Crippen LogP contribution in [0.4, 0.5) is 26.3 Å². The smallest absolute Gasteiger partial charge is 0.297 e. The first kappa shape index (κ1) is 25.0. The summed E-state index contributed by atoms with van der Waals surface area (Å²) in [4.78, 5) is 12.0. The van der Waals surface area contributed by atoms with E-state index in [1.54, 1.807) is 25.1 Å². The minimum atomic E-state index is -5.62. The summed E-state index contributed by atoms with van der Waals surface area (Å²) in [6.07, 6.45) is 3.01. The van der Waals surface area contributed by atoms with Crippen LogP contribution in [0.25, 0.3) is 21.2 Å². The number of aldehydes is 1. The number of unbranched alkanes of at least 4 members (excludes halogenated alkanes) is 2. The summed E-state index contributed by atoms with van der Waals surface area (Å²) >= 11 is 2.02. The van der Waals surface area contributed by atoms with Gasteiger partial charge in [0.15, 0.2) is 6.29 Å². The maximum atomic E-state index is 15.4. The van der Waals surface area contributed by atoms with Gasteiger partial charge in [-0.15, -0.1) is 22.7 Å². The van der Waals surface area contributed by atoms with Crippen molar-refractivity contribution in [2.75, 3.05) is 0 Å². The Morgan fingerprint density at radius 2 is 1.56 bits per heavy atom. The molecule has 4 rings (SSSR count). The third-order valence-corrected chi connectivity index (χ3v) is 8.56. The molecule has 0 fully saturated rings. The minimum Gasteiger partial charge on any atom is -0.297 e. The molecule has 34 heavy (non-hydrogen) atoms. The van der Waals surface area contributed by atoms with Gasteiger partial charge in [-0.3, -0.25) is 4.79 Å². The number of allylic oxidation sites excluding steroid dienone is 2. The third kappa shape index (κ3) is 3.54. The Kier molecular flexibility index (Phi) is 6.48. The van der Waals surface area contributed by atoms with Crippen molar-refractivity contribution in [1.29, 1.82) is 0 Å². The van der Waals surface area contributed by atoms with E-state index < -0.39 is 28.9 Å². The molecular weight excluding hydrogens is 494 g/mol. The molecule has 9 heteroatoms. The molecule has 1 nitrogen and oxygen atoms in total. The summed E-state index contributed by atoms with van der Waals surface area (Å²) in [6, 6.07) is 7.43. The van der Waals surface area contributed by atoms with Crippen molar-refractivity contribution in [3.05, 3.63) is 56.1 Å². The van der Waals surface area contributed by atoms with E-state index in [4.69, 9.17) is 0 Å². The Morgan fingerprint density at radius 3 is 2.21 bits per heavy atom. The van der Waals surface area contributed by atoms with Gasteiger partial charge >= 0.3 is 17.8 Å². The summed E-state index contributed by atoms with van der Waals surface area (Å²) in [5, 5.41) is 0.239. The van der Waals surface area contributed by atoms with Crippen molar-refractivity contribution in [2.24, 2.45) is 0 Å². The molecule has 0 saturated carbocycles. The number of carbonyl (C=O) groups excluding carboxylic acids is 1. The Morgan fingerprint density at radius 1 is 0.882 bits per heavy atom. The van der Waals surface area contributed by atoms with Crippen LogP contribution in [-0.4, -0.2) is 24.1 Å². The highest BCUT2D eigenvalue weighted by atomic mass is 32.1. The van der Waals surface area contributed by atoms with Crippen LogP contribution in [-0.2, 0) is 12.8 Å². The molecule has 0 aliphatic heterocycles. The molecule has 1 aliphatic rings. The molecule has 1 aromatic carbocycles. The summed E-state index contributed by atoms with van der Waals surface area (Å²) in [5.41, 5.74) is -3.32. The van der Waals surface area contributed by atoms with Crippen LogP contribution in [0.1, 0.15) is 63.7 Å². The predicted molar refractivity (Wildman–Crippen MR) is 126 cm³/mol. The van der Waals surface area contributed by atoms with E-state index >= 15 is 17.6 Å². The Labute approximate surface area is 201 Å². The van der Waals surface area contributed by atoms with Gasteiger partial charge in [0.2, 0.25) is 0 Å². The van der Waals surface area contributed by atoms with Crippen LogP contribution in [0.2, 0.25) is 0 Å². The zero-order valence-electron chi connectivity index (χ0n) is 18.5. The van der Waals surface area contributed by atoms with Gasteiger partial charge in [0.1, 0.15) is 0 Å². The average molecular weight is 517 g/mol. The molecule has 0 saturated heterocycles. The number of rotatable bonds is 8. The highest BCUT2D eigenvalue weighted by Crippen LogP contribution is 2.66. The topological polar surface area (TPSA) is 17.1 Å². The van der Waals surface area contributed by atoms with Crippen LogP contribution in [0.15, 0.2) is 30.3 Å². The van der Waals surface area contributed by atoms with Crippen molar-refractivity contribution in [1.82, 2.24) is 0 Å². The predicted octanol–water partition coefficient (Wildman–Crippen LogP) is 8.90. The molecule has 0 bridgehead atoms. The Hall–Kier alpha value is -2.13. The van der Waals surface area contributed by atoms with Crippen molar-refractivity contribution >= 4 is 50.2 Å². The monoisotopic (exact) mass is 516 g/mol. The fourth-order valence-electron chi connectivity index (χ4n) is 4.47. The zero-order chi connectivity index (χ0) is 24.9. The summed E-state index contributed by atoms with van der Waals surface area (Å²) < 4.78 is 91.7. The number of alkyl halides is 6. The summed E-state index contributed by atoms with van der Waals surface area (Å²) in [6.45, 7) is 3.61. The van der Waals surface area contributed by atoms with E-state index in [1.807, 2.05) is 6.92 Å². The third-order valence-electron chi connectivity index (χ3n) is 6.13. The maximum Gasteiger partial charge on any atom is 0.380 e. The number of thiophene rings is 2. The average Bonchev–Trinajstić information content (AvgIpc) is 3.40.